The first-order valence-corrected chi connectivity index (χ1v) is 10.9. The zero-order valence-electron chi connectivity index (χ0n) is 16.9. The summed E-state index contributed by atoms with van der Waals surface area (Å²) in [6.07, 6.45) is 2.41. The Balaban J connectivity index is 1.57. The number of carbonyl (C=O) groups is 1. The number of hydrogen-bond acceptors (Lipinski definition) is 2. The van der Waals surface area contributed by atoms with Crippen molar-refractivity contribution in [3.8, 4) is 0 Å². The van der Waals surface area contributed by atoms with Gasteiger partial charge in [-0.05, 0) is 36.2 Å². The fourth-order valence-electron chi connectivity index (χ4n) is 3.69. The molecule has 0 fully saturated rings. The summed E-state index contributed by atoms with van der Waals surface area (Å²) in [5, 5.41) is 1.12. The van der Waals surface area contributed by atoms with Crippen molar-refractivity contribution in [2.45, 2.75) is 25.9 Å². The predicted octanol–water partition coefficient (Wildman–Crippen LogP) is 6.81. The highest BCUT2D eigenvalue weighted by molar-refractivity contribution is 9.10. The molecule has 1 atom stereocenters. The van der Waals surface area contributed by atoms with Crippen molar-refractivity contribution in [2.24, 2.45) is 0 Å². The van der Waals surface area contributed by atoms with Gasteiger partial charge in [-0.15, -0.1) is 0 Å². The van der Waals surface area contributed by atoms with Crippen molar-refractivity contribution in [2.75, 3.05) is 6.61 Å². The number of rotatable bonds is 8. The molecule has 0 spiro atoms. The molecule has 0 aliphatic heterocycles. The van der Waals surface area contributed by atoms with E-state index in [-0.39, 0.29) is 11.7 Å². The molecule has 1 aromatic heterocycles. The highest BCUT2D eigenvalue weighted by Crippen LogP contribution is 2.31. The Bertz CT molecular complexity index is 1130. The van der Waals surface area contributed by atoms with E-state index in [1.54, 1.807) is 0 Å². The van der Waals surface area contributed by atoms with Crippen molar-refractivity contribution < 1.29 is 9.53 Å². The molecule has 0 radical (unpaired) electrons. The largest absolute Gasteiger partial charge is 0.376 e. The first-order chi connectivity index (χ1) is 14.6. The summed E-state index contributed by atoms with van der Waals surface area (Å²) in [6, 6.07) is 24.1. The molecule has 30 heavy (non-hydrogen) atoms. The zero-order chi connectivity index (χ0) is 20.9. The maximum atomic E-state index is 13.0. The Morgan fingerprint density at radius 2 is 1.80 bits per heavy atom. The van der Waals surface area contributed by atoms with Gasteiger partial charge in [0.25, 0.3) is 0 Å². The summed E-state index contributed by atoms with van der Waals surface area (Å²) in [5.74, 6) is 0.0956. The Morgan fingerprint density at radius 3 is 2.57 bits per heavy atom. The Hall–Kier alpha value is -2.69. The minimum atomic E-state index is -0.0365. The Kier molecular flexibility index (Phi) is 6.46. The molecule has 4 heteroatoms. The number of aromatic nitrogens is 1. The summed E-state index contributed by atoms with van der Waals surface area (Å²) in [6.45, 7) is 3.03. The van der Waals surface area contributed by atoms with Crippen molar-refractivity contribution in [1.82, 2.24) is 4.98 Å². The van der Waals surface area contributed by atoms with Gasteiger partial charge >= 0.3 is 0 Å². The SMILES string of the molecule is Cc1ccc(C(=O)C[C@@H](COCc2ccccc2)c2c[nH]c3ccc(Br)cc23)cc1. The number of aryl methyl sites for hydroxylation is 1. The van der Waals surface area contributed by atoms with Gasteiger partial charge in [0.15, 0.2) is 5.78 Å². The average molecular weight is 462 g/mol. The topological polar surface area (TPSA) is 42.1 Å². The molecule has 0 unspecified atom stereocenters. The first kappa shape index (κ1) is 20.6. The van der Waals surface area contributed by atoms with Crippen molar-refractivity contribution >= 4 is 32.6 Å². The summed E-state index contributed by atoms with van der Waals surface area (Å²) in [7, 11) is 0. The van der Waals surface area contributed by atoms with Crippen molar-refractivity contribution in [3.05, 3.63) is 106 Å². The lowest BCUT2D eigenvalue weighted by Gasteiger charge is -2.17. The number of aromatic amines is 1. The third kappa shape index (κ3) is 4.89. The second-order valence-electron chi connectivity index (χ2n) is 7.62. The molecule has 0 saturated heterocycles. The summed E-state index contributed by atoms with van der Waals surface area (Å²) in [4.78, 5) is 16.4. The van der Waals surface area contributed by atoms with Gasteiger partial charge in [-0.3, -0.25) is 4.79 Å². The first-order valence-electron chi connectivity index (χ1n) is 10.1. The van der Waals surface area contributed by atoms with Crippen molar-refractivity contribution in [3.63, 3.8) is 0 Å². The maximum Gasteiger partial charge on any atom is 0.163 e. The van der Waals surface area contributed by atoms with Crippen LogP contribution in [-0.4, -0.2) is 17.4 Å². The van der Waals surface area contributed by atoms with E-state index in [9.17, 15) is 4.79 Å². The zero-order valence-corrected chi connectivity index (χ0v) is 18.5. The number of nitrogens with one attached hydrogen (secondary N) is 1. The number of ketones is 1. The lowest BCUT2D eigenvalue weighted by Crippen LogP contribution is -2.13. The van der Waals surface area contributed by atoms with Crippen LogP contribution in [0.15, 0.2) is 83.5 Å². The van der Waals surface area contributed by atoms with E-state index >= 15 is 0 Å². The van der Waals surface area contributed by atoms with E-state index in [1.807, 2.05) is 67.7 Å². The molecule has 152 valence electrons. The minimum Gasteiger partial charge on any atom is -0.376 e. The normalized spacial score (nSPS) is 12.2. The predicted molar refractivity (Wildman–Crippen MR) is 125 cm³/mol. The van der Waals surface area contributed by atoms with Crippen LogP contribution in [0, 0.1) is 6.92 Å². The van der Waals surface area contributed by atoms with Gasteiger partial charge in [0.05, 0.1) is 13.2 Å². The fourth-order valence-corrected chi connectivity index (χ4v) is 4.05. The summed E-state index contributed by atoms with van der Waals surface area (Å²) in [5.41, 5.74) is 5.19. The van der Waals surface area contributed by atoms with Crippen LogP contribution >= 0.6 is 15.9 Å². The van der Waals surface area contributed by atoms with Crippen LogP contribution in [0.1, 0.15) is 39.4 Å². The van der Waals surface area contributed by atoms with Crippen LogP contribution in [0.5, 0.6) is 0 Å². The Labute approximate surface area is 185 Å². The number of Topliss-reactive ketones (excluding diaryl/α,β-unsaturated/α-hetero) is 1. The monoisotopic (exact) mass is 461 g/mol. The molecule has 3 aromatic carbocycles. The highest BCUT2D eigenvalue weighted by Gasteiger charge is 2.21. The molecular formula is C26H24BrNO2. The third-order valence-corrected chi connectivity index (χ3v) is 5.84. The van der Waals surface area contributed by atoms with Gasteiger partial charge in [-0.1, -0.05) is 76.1 Å². The molecular weight excluding hydrogens is 438 g/mol. The molecule has 1 N–H and O–H groups in total. The smallest absolute Gasteiger partial charge is 0.163 e. The highest BCUT2D eigenvalue weighted by atomic mass is 79.9. The van der Waals surface area contributed by atoms with Gasteiger partial charge in [0.2, 0.25) is 0 Å². The standard InChI is InChI=1S/C26H24BrNO2/c1-18-7-9-20(10-8-18)26(29)13-21(17-30-16-19-5-3-2-4-6-19)24-15-28-25-12-11-22(27)14-23(24)25/h2-12,14-15,21,28H,13,16-17H2,1H3/t21-/m0/s1. The molecule has 0 bridgehead atoms. The number of ether oxygens (including phenoxy) is 1. The molecule has 0 amide bonds. The second-order valence-corrected chi connectivity index (χ2v) is 8.54. The summed E-state index contributed by atoms with van der Waals surface area (Å²) < 4.78 is 7.08. The van der Waals surface area contributed by atoms with Gasteiger partial charge < -0.3 is 9.72 Å². The van der Waals surface area contributed by atoms with Gasteiger partial charge in [0.1, 0.15) is 0 Å². The van der Waals surface area contributed by atoms with E-state index in [0.717, 1.165) is 37.6 Å². The van der Waals surface area contributed by atoms with E-state index in [2.05, 4.69) is 39.1 Å². The van der Waals surface area contributed by atoms with Crippen LogP contribution in [0.4, 0.5) is 0 Å². The van der Waals surface area contributed by atoms with Crippen molar-refractivity contribution in [1.29, 1.82) is 0 Å². The lowest BCUT2D eigenvalue weighted by molar-refractivity contribution is 0.0868. The molecule has 0 aliphatic rings. The van der Waals surface area contributed by atoms with Gasteiger partial charge in [-0.25, -0.2) is 0 Å². The van der Waals surface area contributed by atoms with E-state index in [0.29, 0.717) is 19.6 Å². The minimum absolute atomic E-state index is 0.0365. The summed E-state index contributed by atoms with van der Waals surface area (Å²) >= 11 is 3.57. The number of hydrogen-bond donors (Lipinski definition) is 1. The van der Waals surface area contributed by atoms with E-state index in [4.69, 9.17) is 4.74 Å². The molecule has 4 aromatic rings. The second kappa shape index (κ2) is 9.41. The van der Waals surface area contributed by atoms with E-state index < -0.39 is 0 Å². The molecule has 0 aliphatic carbocycles. The number of carbonyl (C=O) groups excluding carboxylic acids is 1. The molecule has 0 saturated carbocycles. The van der Waals surface area contributed by atoms with Crippen LogP contribution in [0.3, 0.4) is 0 Å². The molecule has 4 rings (SSSR count). The van der Waals surface area contributed by atoms with Crippen LogP contribution in [0.2, 0.25) is 0 Å². The molecule has 1 heterocycles. The van der Waals surface area contributed by atoms with Crippen LogP contribution in [0.25, 0.3) is 10.9 Å². The van der Waals surface area contributed by atoms with Gasteiger partial charge in [0, 0.05) is 39.5 Å². The number of H-pyrrole nitrogens is 1. The van der Waals surface area contributed by atoms with Crippen LogP contribution < -0.4 is 0 Å². The van der Waals surface area contributed by atoms with Gasteiger partial charge in [-0.2, -0.15) is 0 Å². The van der Waals surface area contributed by atoms with E-state index in [1.165, 1.54) is 0 Å². The molecule has 3 nitrogen and oxygen atoms in total. The number of benzene rings is 3. The fraction of sp³-hybridized carbons (Fsp3) is 0.192. The van der Waals surface area contributed by atoms with Crippen LogP contribution in [-0.2, 0) is 11.3 Å². The Morgan fingerprint density at radius 1 is 1.03 bits per heavy atom. The average Bonchev–Trinajstić information content (AvgIpc) is 3.17. The number of halogens is 1. The lowest BCUT2D eigenvalue weighted by atomic mass is 9.91. The number of fused-ring (bicyclic) bond motifs is 1. The third-order valence-electron chi connectivity index (χ3n) is 5.35. The quantitative estimate of drug-likeness (QED) is 0.292. The maximum absolute atomic E-state index is 13.0.